The molecule has 0 radical (unpaired) electrons. The van der Waals surface area contributed by atoms with E-state index in [1.165, 1.54) is 7.11 Å². The zero-order chi connectivity index (χ0) is 16.1. The second-order valence-electron chi connectivity index (χ2n) is 4.32. The van der Waals surface area contributed by atoms with Crippen LogP contribution in [0.2, 0.25) is 0 Å². The van der Waals surface area contributed by atoms with Crippen molar-refractivity contribution in [1.29, 1.82) is 0 Å². The summed E-state index contributed by atoms with van der Waals surface area (Å²) in [5, 5.41) is 0. The van der Waals surface area contributed by atoms with Gasteiger partial charge >= 0.3 is 17.9 Å². The van der Waals surface area contributed by atoms with E-state index in [1.54, 1.807) is 13.8 Å². The summed E-state index contributed by atoms with van der Waals surface area (Å²) in [6.07, 6.45) is 0.895. The lowest BCUT2D eigenvalue weighted by Crippen LogP contribution is -2.34. The van der Waals surface area contributed by atoms with Crippen LogP contribution in [0, 0.1) is 0 Å². The average molecular weight is 303 g/mol. The second kappa shape index (κ2) is 12.1. The monoisotopic (exact) mass is 303 g/mol. The van der Waals surface area contributed by atoms with Gasteiger partial charge in [-0.1, -0.05) is 13.8 Å². The van der Waals surface area contributed by atoms with E-state index in [9.17, 15) is 14.4 Å². The van der Waals surface area contributed by atoms with Crippen LogP contribution in [0.1, 0.15) is 33.1 Å². The smallest absolute Gasteiger partial charge is 0.306 e. The first-order chi connectivity index (χ1) is 10.0. The number of esters is 3. The Hall–Kier alpha value is -1.63. The van der Waals surface area contributed by atoms with Crippen LogP contribution in [-0.4, -0.2) is 62.8 Å². The van der Waals surface area contributed by atoms with Crippen molar-refractivity contribution in [2.45, 2.75) is 33.1 Å². The van der Waals surface area contributed by atoms with Crippen molar-refractivity contribution < 1.29 is 28.6 Å². The number of hydrogen-bond acceptors (Lipinski definition) is 7. The summed E-state index contributed by atoms with van der Waals surface area (Å²) in [4.78, 5) is 35.2. The predicted octanol–water partition coefficient (Wildman–Crippen LogP) is 0.758. The normalized spacial score (nSPS) is 10.3. The van der Waals surface area contributed by atoms with Gasteiger partial charge in [0.1, 0.15) is 13.2 Å². The van der Waals surface area contributed by atoms with E-state index < -0.39 is 0 Å². The number of carbonyl (C=O) groups is 3. The van der Waals surface area contributed by atoms with Gasteiger partial charge in [-0.2, -0.15) is 0 Å². The number of rotatable bonds is 11. The molecule has 7 heteroatoms. The van der Waals surface area contributed by atoms with Gasteiger partial charge in [-0.05, 0) is 0 Å². The van der Waals surface area contributed by atoms with Crippen molar-refractivity contribution >= 4 is 17.9 Å². The molecule has 0 amide bonds. The lowest BCUT2D eigenvalue weighted by atomic mass is 10.3. The van der Waals surface area contributed by atoms with Crippen molar-refractivity contribution in [3.8, 4) is 0 Å². The molecule has 0 aliphatic carbocycles. The third-order valence-electron chi connectivity index (χ3n) is 2.78. The molecule has 0 fully saturated rings. The molecular formula is C14H25NO6. The van der Waals surface area contributed by atoms with Gasteiger partial charge in [-0.15, -0.1) is 0 Å². The molecule has 7 nitrogen and oxygen atoms in total. The maximum Gasteiger partial charge on any atom is 0.306 e. The molecule has 0 rings (SSSR count). The molecule has 0 aromatic heterocycles. The first-order valence-corrected chi connectivity index (χ1v) is 7.13. The van der Waals surface area contributed by atoms with E-state index in [1.807, 2.05) is 4.90 Å². The Labute approximate surface area is 125 Å². The molecule has 0 aromatic rings. The maximum atomic E-state index is 11.2. The number of nitrogens with zero attached hydrogens (tertiary/aromatic N) is 1. The zero-order valence-electron chi connectivity index (χ0n) is 13.1. The molecule has 0 aromatic carbocycles. The zero-order valence-corrected chi connectivity index (χ0v) is 13.1. The quantitative estimate of drug-likeness (QED) is 0.411. The Morgan fingerprint density at radius 1 is 0.810 bits per heavy atom. The minimum Gasteiger partial charge on any atom is -0.469 e. The second-order valence-corrected chi connectivity index (χ2v) is 4.32. The van der Waals surface area contributed by atoms with Gasteiger partial charge in [0.2, 0.25) is 0 Å². The van der Waals surface area contributed by atoms with Crippen molar-refractivity contribution in [2.24, 2.45) is 0 Å². The van der Waals surface area contributed by atoms with E-state index in [-0.39, 0.29) is 37.5 Å². The molecule has 0 saturated heterocycles. The highest BCUT2D eigenvalue weighted by Gasteiger charge is 2.10. The minimum absolute atomic E-state index is 0.236. The van der Waals surface area contributed by atoms with E-state index in [4.69, 9.17) is 9.47 Å². The molecule has 21 heavy (non-hydrogen) atoms. The van der Waals surface area contributed by atoms with Crippen molar-refractivity contribution in [3.63, 3.8) is 0 Å². The molecular weight excluding hydrogens is 278 g/mol. The molecule has 0 bridgehead atoms. The first kappa shape index (κ1) is 19.4. The number of ether oxygens (including phenoxy) is 3. The highest BCUT2D eigenvalue weighted by molar-refractivity contribution is 5.69. The van der Waals surface area contributed by atoms with Crippen LogP contribution in [0.25, 0.3) is 0 Å². The summed E-state index contributed by atoms with van der Waals surface area (Å²) in [5.41, 5.74) is 0. The lowest BCUT2D eigenvalue weighted by molar-refractivity contribution is -0.145. The van der Waals surface area contributed by atoms with Gasteiger partial charge in [0.25, 0.3) is 0 Å². The Morgan fingerprint density at radius 3 is 1.67 bits per heavy atom. The molecule has 122 valence electrons. The third kappa shape index (κ3) is 10.8. The van der Waals surface area contributed by atoms with E-state index >= 15 is 0 Å². The third-order valence-corrected chi connectivity index (χ3v) is 2.78. The largest absolute Gasteiger partial charge is 0.469 e. The van der Waals surface area contributed by atoms with Crippen LogP contribution in [-0.2, 0) is 28.6 Å². The fraction of sp³-hybridized carbons (Fsp3) is 0.786. The van der Waals surface area contributed by atoms with Crippen molar-refractivity contribution in [1.82, 2.24) is 4.90 Å². The van der Waals surface area contributed by atoms with Crippen LogP contribution < -0.4 is 0 Å². The minimum atomic E-state index is -0.309. The first-order valence-electron chi connectivity index (χ1n) is 7.13. The summed E-state index contributed by atoms with van der Waals surface area (Å²) in [6, 6.07) is 0. The summed E-state index contributed by atoms with van der Waals surface area (Å²) >= 11 is 0. The summed E-state index contributed by atoms with van der Waals surface area (Å²) < 4.78 is 14.6. The predicted molar refractivity (Wildman–Crippen MR) is 75.6 cm³/mol. The van der Waals surface area contributed by atoms with Gasteiger partial charge in [0.05, 0.1) is 13.5 Å². The molecule has 0 saturated carbocycles. The van der Waals surface area contributed by atoms with Gasteiger partial charge < -0.3 is 14.2 Å². The topological polar surface area (TPSA) is 82.1 Å². The van der Waals surface area contributed by atoms with Crippen molar-refractivity contribution in [2.75, 3.05) is 40.0 Å². The fourth-order valence-electron chi connectivity index (χ4n) is 1.47. The van der Waals surface area contributed by atoms with Crippen LogP contribution >= 0.6 is 0 Å². The highest BCUT2D eigenvalue weighted by Crippen LogP contribution is 1.96. The van der Waals surface area contributed by atoms with Gasteiger partial charge in [-0.3, -0.25) is 19.3 Å². The molecule has 0 unspecified atom stereocenters. The van der Waals surface area contributed by atoms with Crippen LogP contribution in [0.15, 0.2) is 0 Å². The summed E-state index contributed by atoms with van der Waals surface area (Å²) in [6.45, 7) is 5.35. The van der Waals surface area contributed by atoms with E-state index in [0.29, 0.717) is 32.5 Å². The average Bonchev–Trinajstić information content (AvgIpc) is 2.50. The highest BCUT2D eigenvalue weighted by atomic mass is 16.5. The maximum absolute atomic E-state index is 11.2. The Balaban J connectivity index is 4.10. The molecule has 0 spiro atoms. The van der Waals surface area contributed by atoms with Gasteiger partial charge in [0.15, 0.2) is 0 Å². The molecule has 0 aliphatic heterocycles. The summed E-state index contributed by atoms with van der Waals surface area (Å²) in [5.74, 6) is -0.836. The Kier molecular flexibility index (Phi) is 11.2. The SMILES string of the molecule is CCC(=O)OCCN(CCOC(=O)CC)CCC(=O)OC. The van der Waals surface area contributed by atoms with Crippen molar-refractivity contribution in [3.05, 3.63) is 0 Å². The van der Waals surface area contributed by atoms with Crippen LogP contribution in [0.5, 0.6) is 0 Å². The fourth-order valence-corrected chi connectivity index (χ4v) is 1.47. The Morgan fingerprint density at radius 2 is 1.29 bits per heavy atom. The number of carbonyl (C=O) groups excluding carboxylic acids is 3. The van der Waals surface area contributed by atoms with Crippen LogP contribution in [0.3, 0.4) is 0 Å². The van der Waals surface area contributed by atoms with E-state index in [0.717, 1.165) is 0 Å². The van der Waals surface area contributed by atoms with Crippen LogP contribution in [0.4, 0.5) is 0 Å². The molecule has 0 aliphatic rings. The molecule has 0 N–H and O–H groups in total. The number of hydrogen-bond donors (Lipinski definition) is 0. The summed E-state index contributed by atoms with van der Waals surface area (Å²) in [7, 11) is 1.33. The standard InChI is InChI=1S/C14H25NO6/c1-4-12(16)20-10-8-15(7-6-14(18)19-3)9-11-21-13(17)5-2/h4-11H2,1-3H3. The Bertz CT molecular complexity index is 309. The van der Waals surface area contributed by atoms with Gasteiger partial charge in [0, 0.05) is 32.5 Å². The molecule has 0 heterocycles. The lowest BCUT2D eigenvalue weighted by Gasteiger charge is -2.21. The van der Waals surface area contributed by atoms with Gasteiger partial charge in [-0.25, -0.2) is 0 Å². The van der Waals surface area contributed by atoms with E-state index in [2.05, 4.69) is 4.74 Å². The molecule has 0 atom stereocenters. The number of methoxy groups -OCH3 is 1.